The van der Waals surface area contributed by atoms with Gasteiger partial charge in [-0.1, -0.05) is 19.3 Å². The molecular formula is C25H29N3O6. The van der Waals surface area contributed by atoms with Gasteiger partial charge in [0.25, 0.3) is 5.56 Å². The van der Waals surface area contributed by atoms with E-state index >= 15 is 0 Å². The Morgan fingerprint density at radius 3 is 2.21 bits per heavy atom. The number of anilines is 1. The fourth-order valence-electron chi connectivity index (χ4n) is 4.55. The molecule has 9 heteroatoms. The van der Waals surface area contributed by atoms with Gasteiger partial charge in [-0.05, 0) is 43.2 Å². The number of carbonyl (C=O) groups excluding carboxylic acids is 1. The molecule has 0 atom stereocenters. The number of benzene rings is 2. The van der Waals surface area contributed by atoms with Crippen LogP contribution < -0.4 is 30.8 Å². The molecule has 180 valence electrons. The van der Waals surface area contributed by atoms with Gasteiger partial charge in [0.05, 0.1) is 32.2 Å². The lowest BCUT2D eigenvalue weighted by atomic mass is 9.95. The molecule has 9 nitrogen and oxygen atoms in total. The molecule has 0 saturated heterocycles. The Morgan fingerprint density at radius 2 is 1.59 bits per heavy atom. The highest BCUT2D eigenvalue weighted by Gasteiger charge is 2.24. The molecule has 0 unspecified atom stereocenters. The predicted molar refractivity (Wildman–Crippen MR) is 129 cm³/mol. The fraction of sp³-hybridized carbons (Fsp3) is 0.400. The van der Waals surface area contributed by atoms with Gasteiger partial charge < -0.3 is 19.5 Å². The zero-order chi connectivity index (χ0) is 24.2. The van der Waals surface area contributed by atoms with Gasteiger partial charge in [-0.25, -0.2) is 4.79 Å². The quantitative estimate of drug-likeness (QED) is 0.572. The smallest absolute Gasteiger partial charge is 0.332 e. The molecule has 1 aliphatic carbocycles. The van der Waals surface area contributed by atoms with Crippen molar-refractivity contribution in [1.29, 1.82) is 0 Å². The van der Waals surface area contributed by atoms with Crippen molar-refractivity contribution in [2.75, 3.05) is 26.6 Å². The molecule has 0 radical (unpaired) electrons. The van der Waals surface area contributed by atoms with E-state index in [-0.39, 0.29) is 18.1 Å². The highest BCUT2D eigenvalue weighted by molar-refractivity contribution is 5.92. The van der Waals surface area contributed by atoms with Gasteiger partial charge in [0.15, 0.2) is 11.5 Å². The lowest BCUT2D eigenvalue weighted by Gasteiger charge is -2.25. The van der Waals surface area contributed by atoms with Crippen molar-refractivity contribution in [3.05, 3.63) is 57.2 Å². The van der Waals surface area contributed by atoms with Crippen LogP contribution in [-0.2, 0) is 11.3 Å². The summed E-state index contributed by atoms with van der Waals surface area (Å²) in [5.41, 5.74) is 0.0220. The Morgan fingerprint density at radius 1 is 0.941 bits per heavy atom. The van der Waals surface area contributed by atoms with Crippen molar-refractivity contribution in [1.82, 2.24) is 9.13 Å². The summed E-state index contributed by atoms with van der Waals surface area (Å²) in [5.74, 6) is 1.03. The number of fused-ring (bicyclic) bond motifs is 1. The largest absolute Gasteiger partial charge is 0.497 e. The van der Waals surface area contributed by atoms with Crippen LogP contribution in [0.25, 0.3) is 10.9 Å². The van der Waals surface area contributed by atoms with E-state index in [1.807, 2.05) is 0 Å². The number of amides is 1. The number of methoxy groups -OCH3 is 3. The lowest BCUT2D eigenvalue weighted by molar-refractivity contribution is -0.116. The van der Waals surface area contributed by atoms with E-state index in [9.17, 15) is 14.4 Å². The molecular weight excluding hydrogens is 438 g/mol. The first-order valence-electron chi connectivity index (χ1n) is 11.3. The topological polar surface area (TPSA) is 101 Å². The van der Waals surface area contributed by atoms with Crippen LogP contribution in [0.5, 0.6) is 17.2 Å². The van der Waals surface area contributed by atoms with E-state index in [0.717, 1.165) is 32.1 Å². The highest BCUT2D eigenvalue weighted by atomic mass is 16.5. The Kier molecular flexibility index (Phi) is 6.90. The second-order valence-electron chi connectivity index (χ2n) is 8.34. The number of hydrogen-bond acceptors (Lipinski definition) is 6. The van der Waals surface area contributed by atoms with Gasteiger partial charge in [-0.2, -0.15) is 0 Å². The van der Waals surface area contributed by atoms with Crippen molar-refractivity contribution < 1.29 is 19.0 Å². The molecule has 0 bridgehead atoms. The number of carbonyl (C=O) groups is 1. The molecule has 3 aromatic rings. The average Bonchev–Trinajstić information content (AvgIpc) is 2.87. The third-order valence-corrected chi connectivity index (χ3v) is 6.29. The Bertz CT molecular complexity index is 1300. The fourth-order valence-corrected chi connectivity index (χ4v) is 4.55. The first kappa shape index (κ1) is 23.4. The highest BCUT2D eigenvalue weighted by Crippen LogP contribution is 2.31. The summed E-state index contributed by atoms with van der Waals surface area (Å²) >= 11 is 0. The van der Waals surface area contributed by atoms with E-state index in [0.29, 0.717) is 33.8 Å². The average molecular weight is 468 g/mol. The molecule has 0 spiro atoms. The maximum atomic E-state index is 13.6. The van der Waals surface area contributed by atoms with Crippen LogP contribution in [0, 0.1) is 0 Å². The second kappa shape index (κ2) is 10.0. The zero-order valence-electron chi connectivity index (χ0n) is 19.6. The van der Waals surface area contributed by atoms with E-state index in [1.54, 1.807) is 43.5 Å². The van der Waals surface area contributed by atoms with Crippen molar-refractivity contribution in [3.8, 4) is 17.2 Å². The Balaban J connectivity index is 1.81. The van der Waals surface area contributed by atoms with Crippen molar-refractivity contribution in [2.45, 2.75) is 44.7 Å². The van der Waals surface area contributed by atoms with Crippen molar-refractivity contribution in [2.24, 2.45) is 0 Å². The van der Waals surface area contributed by atoms with E-state index < -0.39 is 11.6 Å². The molecule has 2 aromatic carbocycles. The molecule has 4 rings (SSSR count). The number of ether oxygens (including phenoxy) is 3. The molecule has 1 N–H and O–H groups in total. The maximum absolute atomic E-state index is 13.6. The number of hydrogen-bond donors (Lipinski definition) is 1. The van der Waals surface area contributed by atoms with E-state index in [1.165, 1.54) is 23.4 Å². The van der Waals surface area contributed by atoms with Crippen LogP contribution in [0.2, 0.25) is 0 Å². The Hall–Kier alpha value is -3.75. The SMILES string of the molecule is COc1ccc(NC(=O)Cn2c(=O)n(C3CCCCC3)c(=O)c3cc(OC)c(OC)cc32)cc1. The number of rotatable bonds is 7. The summed E-state index contributed by atoms with van der Waals surface area (Å²) in [6.45, 7) is -0.260. The maximum Gasteiger partial charge on any atom is 0.332 e. The van der Waals surface area contributed by atoms with Crippen LogP contribution in [0.3, 0.4) is 0 Å². The zero-order valence-corrected chi connectivity index (χ0v) is 19.6. The van der Waals surface area contributed by atoms with E-state index in [4.69, 9.17) is 14.2 Å². The number of nitrogens with one attached hydrogen (secondary N) is 1. The Labute approximate surface area is 196 Å². The summed E-state index contributed by atoms with van der Waals surface area (Å²) in [6, 6.07) is 9.86. The monoisotopic (exact) mass is 467 g/mol. The van der Waals surface area contributed by atoms with Crippen LogP contribution in [0.1, 0.15) is 38.1 Å². The third kappa shape index (κ3) is 4.50. The van der Waals surface area contributed by atoms with Crippen molar-refractivity contribution >= 4 is 22.5 Å². The van der Waals surface area contributed by atoms with Gasteiger partial charge in [0.1, 0.15) is 12.3 Å². The van der Waals surface area contributed by atoms with Gasteiger partial charge in [0.2, 0.25) is 5.91 Å². The second-order valence-corrected chi connectivity index (χ2v) is 8.34. The minimum absolute atomic E-state index is 0.192. The molecule has 34 heavy (non-hydrogen) atoms. The molecule has 1 amide bonds. The van der Waals surface area contributed by atoms with Crippen LogP contribution >= 0.6 is 0 Å². The van der Waals surface area contributed by atoms with Gasteiger partial charge in [-0.15, -0.1) is 0 Å². The standard InChI is InChI=1S/C25H29N3O6/c1-32-18-11-9-16(10-12-18)26-23(29)15-27-20-14-22(34-3)21(33-2)13-19(20)24(30)28(25(27)31)17-7-5-4-6-8-17/h9-14,17H,4-8,15H2,1-3H3,(H,26,29). The molecule has 0 aliphatic heterocycles. The van der Waals surface area contributed by atoms with Crippen LogP contribution in [-0.4, -0.2) is 36.4 Å². The predicted octanol–water partition coefficient (Wildman–Crippen LogP) is 3.33. The van der Waals surface area contributed by atoms with Crippen LogP contribution in [0.4, 0.5) is 5.69 Å². The minimum atomic E-state index is -0.499. The first-order chi connectivity index (χ1) is 16.5. The third-order valence-electron chi connectivity index (χ3n) is 6.29. The molecule has 1 aliphatic rings. The van der Waals surface area contributed by atoms with Crippen molar-refractivity contribution in [3.63, 3.8) is 0 Å². The van der Waals surface area contributed by atoms with Gasteiger partial charge in [0, 0.05) is 17.8 Å². The number of nitrogens with zero attached hydrogens (tertiary/aromatic N) is 2. The lowest BCUT2D eigenvalue weighted by Crippen LogP contribution is -2.44. The summed E-state index contributed by atoms with van der Waals surface area (Å²) in [7, 11) is 4.53. The summed E-state index contributed by atoms with van der Waals surface area (Å²) < 4.78 is 18.6. The minimum Gasteiger partial charge on any atom is -0.497 e. The summed E-state index contributed by atoms with van der Waals surface area (Å²) in [5, 5.41) is 3.11. The molecule has 1 aromatic heterocycles. The van der Waals surface area contributed by atoms with Gasteiger partial charge >= 0.3 is 5.69 Å². The normalized spacial score (nSPS) is 14.1. The van der Waals surface area contributed by atoms with E-state index in [2.05, 4.69) is 5.32 Å². The molecule has 1 heterocycles. The number of aromatic nitrogens is 2. The summed E-state index contributed by atoms with van der Waals surface area (Å²) in [6.07, 6.45) is 4.51. The molecule has 1 saturated carbocycles. The van der Waals surface area contributed by atoms with Gasteiger partial charge in [-0.3, -0.25) is 18.7 Å². The summed E-state index contributed by atoms with van der Waals surface area (Å²) in [4.78, 5) is 40.0. The molecule has 1 fully saturated rings. The van der Waals surface area contributed by atoms with Crippen LogP contribution in [0.15, 0.2) is 46.0 Å². The first-order valence-corrected chi connectivity index (χ1v) is 11.3.